The van der Waals surface area contributed by atoms with E-state index in [1.54, 1.807) is 11.9 Å². The SMILES string of the molecule is CC(=O)C1CC(C(=O)N2CCN(Cc3c(C)noc3C)CC2)=NN1c1ccccc1. The van der Waals surface area contributed by atoms with Gasteiger partial charge in [0.05, 0.1) is 11.4 Å². The Morgan fingerprint density at radius 3 is 2.40 bits per heavy atom. The van der Waals surface area contributed by atoms with Gasteiger partial charge in [-0.25, -0.2) is 0 Å². The highest BCUT2D eigenvalue weighted by molar-refractivity contribution is 6.40. The van der Waals surface area contributed by atoms with Crippen LogP contribution in [0.1, 0.15) is 30.4 Å². The van der Waals surface area contributed by atoms with Gasteiger partial charge in [0.15, 0.2) is 5.78 Å². The molecule has 1 amide bonds. The lowest BCUT2D eigenvalue weighted by atomic mass is 10.1. The van der Waals surface area contributed by atoms with Gasteiger partial charge in [0.25, 0.3) is 5.91 Å². The van der Waals surface area contributed by atoms with Crippen LogP contribution in [0.25, 0.3) is 0 Å². The molecule has 1 fully saturated rings. The molecule has 0 saturated carbocycles. The predicted molar refractivity (Wildman–Crippen MR) is 113 cm³/mol. The molecule has 0 aliphatic carbocycles. The molecule has 0 bridgehead atoms. The lowest BCUT2D eigenvalue weighted by Crippen LogP contribution is -2.50. The normalized spacial score (nSPS) is 19.8. The summed E-state index contributed by atoms with van der Waals surface area (Å²) >= 11 is 0. The number of carbonyl (C=O) groups is 2. The third-order valence-corrected chi connectivity index (χ3v) is 5.87. The van der Waals surface area contributed by atoms with Crippen LogP contribution in [0.3, 0.4) is 0 Å². The van der Waals surface area contributed by atoms with E-state index in [0.717, 1.165) is 42.3 Å². The number of piperazine rings is 1. The summed E-state index contributed by atoms with van der Waals surface area (Å²) in [6.45, 7) is 9.04. The molecule has 1 atom stereocenters. The summed E-state index contributed by atoms with van der Waals surface area (Å²) in [6.07, 6.45) is 0.350. The summed E-state index contributed by atoms with van der Waals surface area (Å²) in [4.78, 5) is 29.4. The minimum Gasteiger partial charge on any atom is -0.361 e. The molecule has 1 unspecified atom stereocenters. The Morgan fingerprint density at radius 2 is 1.80 bits per heavy atom. The highest BCUT2D eigenvalue weighted by atomic mass is 16.5. The number of benzene rings is 1. The van der Waals surface area contributed by atoms with E-state index in [4.69, 9.17) is 4.52 Å². The van der Waals surface area contributed by atoms with Crippen LogP contribution >= 0.6 is 0 Å². The van der Waals surface area contributed by atoms with Crippen molar-refractivity contribution in [1.29, 1.82) is 0 Å². The molecule has 0 N–H and O–H groups in total. The van der Waals surface area contributed by atoms with Gasteiger partial charge in [0.2, 0.25) is 0 Å². The van der Waals surface area contributed by atoms with E-state index in [9.17, 15) is 9.59 Å². The maximum absolute atomic E-state index is 13.1. The highest BCUT2D eigenvalue weighted by Gasteiger charge is 2.36. The number of Topliss-reactive ketones (excluding diaryl/α,β-unsaturated/α-hetero) is 1. The number of hydrazone groups is 1. The van der Waals surface area contributed by atoms with E-state index in [1.807, 2.05) is 49.1 Å². The zero-order chi connectivity index (χ0) is 21.3. The zero-order valence-corrected chi connectivity index (χ0v) is 17.7. The number of para-hydroxylation sites is 1. The third-order valence-electron chi connectivity index (χ3n) is 5.87. The molecule has 0 radical (unpaired) electrons. The maximum Gasteiger partial charge on any atom is 0.270 e. The quantitative estimate of drug-likeness (QED) is 0.753. The molecule has 0 spiro atoms. The molecule has 8 heteroatoms. The Kier molecular flexibility index (Phi) is 5.67. The van der Waals surface area contributed by atoms with Gasteiger partial charge in [0.1, 0.15) is 17.5 Å². The van der Waals surface area contributed by atoms with Crippen LogP contribution in [0.5, 0.6) is 0 Å². The number of ketones is 1. The fourth-order valence-electron chi connectivity index (χ4n) is 4.02. The standard InChI is InChI=1S/C22H27N5O3/c1-15-19(17(3)30-24-15)14-25-9-11-26(12-10-25)22(29)20-13-21(16(2)28)27(23-20)18-7-5-4-6-8-18/h4-8,21H,9-14H2,1-3H3. The number of nitrogens with zero attached hydrogens (tertiary/aromatic N) is 5. The van der Waals surface area contributed by atoms with E-state index < -0.39 is 6.04 Å². The van der Waals surface area contributed by atoms with Crippen molar-refractivity contribution in [3.05, 3.63) is 47.3 Å². The topological polar surface area (TPSA) is 82.2 Å². The van der Waals surface area contributed by atoms with Crippen LogP contribution in [-0.2, 0) is 16.1 Å². The maximum atomic E-state index is 13.1. The van der Waals surface area contributed by atoms with Gasteiger partial charge >= 0.3 is 0 Å². The molecule has 30 heavy (non-hydrogen) atoms. The second-order valence-corrected chi connectivity index (χ2v) is 7.93. The Morgan fingerprint density at radius 1 is 1.10 bits per heavy atom. The lowest BCUT2D eigenvalue weighted by Gasteiger charge is -2.34. The first kappa shape index (κ1) is 20.3. The number of hydrogen-bond acceptors (Lipinski definition) is 7. The number of aromatic nitrogens is 1. The Hall–Kier alpha value is -3.00. The first-order valence-corrected chi connectivity index (χ1v) is 10.3. The van der Waals surface area contributed by atoms with E-state index in [0.29, 0.717) is 25.2 Å². The second kappa shape index (κ2) is 8.39. The van der Waals surface area contributed by atoms with Crippen LogP contribution in [0, 0.1) is 13.8 Å². The number of rotatable bonds is 5. The van der Waals surface area contributed by atoms with Crippen LogP contribution in [0.15, 0.2) is 40.0 Å². The van der Waals surface area contributed by atoms with Gasteiger partial charge in [-0.05, 0) is 32.9 Å². The Bertz CT molecular complexity index is 941. The van der Waals surface area contributed by atoms with E-state index in [2.05, 4.69) is 15.2 Å². The monoisotopic (exact) mass is 409 g/mol. The van der Waals surface area contributed by atoms with Gasteiger partial charge in [-0.2, -0.15) is 5.10 Å². The number of amides is 1. The van der Waals surface area contributed by atoms with Crippen molar-refractivity contribution < 1.29 is 14.1 Å². The average Bonchev–Trinajstić information content (AvgIpc) is 3.34. The highest BCUT2D eigenvalue weighted by Crippen LogP contribution is 2.26. The number of aryl methyl sites for hydroxylation is 2. The van der Waals surface area contributed by atoms with Crippen molar-refractivity contribution in [3.8, 4) is 0 Å². The molecule has 2 aliphatic rings. The summed E-state index contributed by atoms with van der Waals surface area (Å²) < 4.78 is 5.25. The van der Waals surface area contributed by atoms with Crippen LogP contribution in [0.4, 0.5) is 5.69 Å². The molecule has 2 aromatic rings. The van der Waals surface area contributed by atoms with Crippen LogP contribution < -0.4 is 5.01 Å². The summed E-state index contributed by atoms with van der Waals surface area (Å²) in [5.41, 5.74) is 3.32. The van der Waals surface area contributed by atoms with E-state index >= 15 is 0 Å². The van der Waals surface area contributed by atoms with Gasteiger partial charge < -0.3 is 9.42 Å². The molecule has 2 aliphatic heterocycles. The first-order valence-electron chi connectivity index (χ1n) is 10.3. The Balaban J connectivity index is 1.41. The molecular formula is C22H27N5O3. The fourth-order valence-corrected chi connectivity index (χ4v) is 4.02. The lowest BCUT2D eigenvalue weighted by molar-refractivity contribution is -0.125. The summed E-state index contributed by atoms with van der Waals surface area (Å²) in [5.74, 6) is 0.786. The minimum atomic E-state index is -0.424. The average molecular weight is 409 g/mol. The molecule has 1 aromatic carbocycles. The second-order valence-electron chi connectivity index (χ2n) is 7.93. The Labute approximate surface area is 176 Å². The van der Waals surface area contributed by atoms with Gasteiger partial charge in [-0.3, -0.25) is 19.5 Å². The van der Waals surface area contributed by atoms with Gasteiger partial charge in [-0.1, -0.05) is 23.4 Å². The third kappa shape index (κ3) is 4.00. The van der Waals surface area contributed by atoms with E-state index in [1.165, 1.54) is 0 Å². The summed E-state index contributed by atoms with van der Waals surface area (Å²) in [7, 11) is 0. The minimum absolute atomic E-state index is 0.00897. The molecule has 1 saturated heterocycles. The number of hydrogen-bond donors (Lipinski definition) is 0. The van der Waals surface area contributed by atoms with E-state index in [-0.39, 0.29) is 11.7 Å². The molecule has 158 valence electrons. The number of anilines is 1. The summed E-state index contributed by atoms with van der Waals surface area (Å²) in [6, 6.07) is 9.10. The molecule has 1 aromatic heterocycles. The van der Waals surface area contributed by atoms with Crippen molar-refractivity contribution in [2.45, 2.75) is 39.8 Å². The van der Waals surface area contributed by atoms with Crippen molar-refractivity contribution in [1.82, 2.24) is 15.0 Å². The van der Waals surface area contributed by atoms with Crippen molar-refractivity contribution in [3.63, 3.8) is 0 Å². The van der Waals surface area contributed by atoms with Crippen LogP contribution in [0.2, 0.25) is 0 Å². The zero-order valence-electron chi connectivity index (χ0n) is 17.7. The largest absolute Gasteiger partial charge is 0.361 e. The molecule has 8 nitrogen and oxygen atoms in total. The van der Waals surface area contributed by atoms with Crippen molar-refractivity contribution >= 4 is 23.1 Å². The first-order chi connectivity index (χ1) is 14.4. The van der Waals surface area contributed by atoms with Gasteiger partial charge in [-0.15, -0.1) is 0 Å². The van der Waals surface area contributed by atoms with Crippen LogP contribution in [-0.4, -0.2) is 64.6 Å². The van der Waals surface area contributed by atoms with Crippen molar-refractivity contribution in [2.75, 3.05) is 31.2 Å². The number of carbonyl (C=O) groups excluding carboxylic acids is 2. The molecule has 3 heterocycles. The van der Waals surface area contributed by atoms with Crippen molar-refractivity contribution in [2.24, 2.45) is 5.10 Å². The molecular weight excluding hydrogens is 382 g/mol. The molecule has 4 rings (SSSR count). The smallest absolute Gasteiger partial charge is 0.270 e. The fraction of sp³-hybridized carbons (Fsp3) is 0.455. The predicted octanol–water partition coefficient (Wildman–Crippen LogP) is 2.16. The van der Waals surface area contributed by atoms with Gasteiger partial charge in [0, 0.05) is 44.7 Å². The summed E-state index contributed by atoms with van der Waals surface area (Å²) in [5, 5.41) is 10.2.